The Morgan fingerprint density at radius 1 is 1.41 bits per heavy atom. The summed E-state index contributed by atoms with van der Waals surface area (Å²) in [5.74, 6) is 1.71. The molecular weight excluding hydrogens is 238 g/mol. The molecule has 1 unspecified atom stereocenters. The molecule has 1 rings (SSSR count). The van der Waals surface area contributed by atoms with Gasteiger partial charge in [0, 0.05) is 10.6 Å². The Kier molecular flexibility index (Phi) is 5.59. The molecule has 0 amide bonds. The normalized spacial score (nSPS) is 12.3. The number of benzene rings is 1. The van der Waals surface area contributed by atoms with Crippen LogP contribution in [0.3, 0.4) is 0 Å². The summed E-state index contributed by atoms with van der Waals surface area (Å²) in [5, 5.41) is 0.704. The summed E-state index contributed by atoms with van der Waals surface area (Å²) in [6.07, 6.45) is 0.868. The molecule has 0 heterocycles. The fourth-order valence-electron chi connectivity index (χ4n) is 1.86. The van der Waals surface area contributed by atoms with Crippen molar-refractivity contribution in [3.05, 3.63) is 22.7 Å². The molecule has 0 aliphatic carbocycles. The van der Waals surface area contributed by atoms with Crippen molar-refractivity contribution in [1.29, 1.82) is 0 Å². The second-order valence-corrected chi connectivity index (χ2v) is 4.31. The van der Waals surface area contributed by atoms with Crippen LogP contribution in [0.25, 0.3) is 0 Å². The van der Waals surface area contributed by atoms with E-state index in [1.54, 1.807) is 7.11 Å². The first kappa shape index (κ1) is 14.1. The summed E-state index contributed by atoms with van der Waals surface area (Å²) in [6.45, 7) is 5.24. The first-order valence-electron chi connectivity index (χ1n) is 5.84. The smallest absolute Gasteiger partial charge is 0.166 e. The average Bonchev–Trinajstić information content (AvgIpc) is 2.30. The quantitative estimate of drug-likeness (QED) is 0.851. The molecular formula is C13H20ClNO2. The highest BCUT2D eigenvalue weighted by Gasteiger charge is 2.19. The minimum atomic E-state index is 0.254. The van der Waals surface area contributed by atoms with Crippen molar-refractivity contribution in [1.82, 2.24) is 0 Å². The van der Waals surface area contributed by atoms with Gasteiger partial charge in [-0.3, -0.25) is 0 Å². The van der Waals surface area contributed by atoms with E-state index < -0.39 is 0 Å². The van der Waals surface area contributed by atoms with Gasteiger partial charge in [0.1, 0.15) is 0 Å². The number of nitrogens with two attached hydrogens (primary N) is 1. The molecule has 4 heteroatoms. The number of methoxy groups -OCH3 is 1. The number of halogens is 1. The van der Waals surface area contributed by atoms with Crippen LogP contribution >= 0.6 is 11.6 Å². The van der Waals surface area contributed by atoms with E-state index in [4.69, 9.17) is 26.8 Å². The van der Waals surface area contributed by atoms with Gasteiger partial charge < -0.3 is 15.2 Å². The predicted octanol–water partition coefficient (Wildman–Crippen LogP) is 3.20. The van der Waals surface area contributed by atoms with Gasteiger partial charge >= 0.3 is 0 Å². The molecule has 1 aromatic rings. The van der Waals surface area contributed by atoms with Crippen molar-refractivity contribution in [3.63, 3.8) is 0 Å². The Balaban J connectivity index is 3.22. The highest BCUT2D eigenvalue weighted by molar-refractivity contribution is 6.31. The Morgan fingerprint density at radius 3 is 2.65 bits per heavy atom. The van der Waals surface area contributed by atoms with Crippen LogP contribution in [-0.2, 0) is 0 Å². The second-order valence-electron chi connectivity index (χ2n) is 3.90. The van der Waals surface area contributed by atoms with Crippen LogP contribution in [0.15, 0.2) is 12.1 Å². The third-order valence-electron chi connectivity index (χ3n) is 2.71. The second kappa shape index (κ2) is 6.72. The van der Waals surface area contributed by atoms with E-state index in [9.17, 15) is 0 Å². The van der Waals surface area contributed by atoms with Crippen molar-refractivity contribution < 1.29 is 9.47 Å². The van der Waals surface area contributed by atoms with Crippen molar-refractivity contribution in [2.75, 3.05) is 20.3 Å². The van der Waals surface area contributed by atoms with Gasteiger partial charge in [0.25, 0.3) is 0 Å². The lowest BCUT2D eigenvalue weighted by atomic mass is 9.96. The molecule has 3 nitrogen and oxygen atoms in total. The number of hydrogen-bond acceptors (Lipinski definition) is 3. The summed E-state index contributed by atoms with van der Waals surface area (Å²) in [7, 11) is 1.63. The predicted molar refractivity (Wildman–Crippen MR) is 71.3 cm³/mol. The minimum absolute atomic E-state index is 0.254. The third-order valence-corrected chi connectivity index (χ3v) is 3.04. The van der Waals surface area contributed by atoms with E-state index in [2.05, 4.69) is 6.92 Å². The van der Waals surface area contributed by atoms with E-state index in [1.165, 1.54) is 0 Å². The summed E-state index contributed by atoms with van der Waals surface area (Å²) in [4.78, 5) is 0. The Hall–Kier alpha value is -0.930. The van der Waals surface area contributed by atoms with Gasteiger partial charge in [-0.2, -0.15) is 0 Å². The van der Waals surface area contributed by atoms with Gasteiger partial charge in [0.05, 0.1) is 13.7 Å². The SMILES string of the molecule is CCOc1c(OC)ccc(Cl)c1C(C)CCN. The first-order chi connectivity index (χ1) is 8.15. The van der Waals surface area contributed by atoms with E-state index in [1.807, 2.05) is 19.1 Å². The molecule has 1 aromatic carbocycles. The highest BCUT2D eigenvalue weighted by Crippen LogP contribution is 2.41. The van der Waals surface area contributed by atoms with Crippen LogP contribution in [0.5, 0.6) is 11.5 Å². The molecule has 0 bridgehead atoms. The molecule has 17 heavy (non-hydrogen) atoms. The maximum atomic E-state index is 6.25. The van der Waals surface area contributed by atoms with E-state index in [0.717, 1.165) is 23.5 Å². The number of hydrogen-bond donors (Lipinski definition) is 1. The number of rotatable bonds is 6. The lowest BCUT2D eigenvalue weighted by Gasteiger charge is -2.19. The molecule has 0 aliphatic rings. The zero-order chi connectivity index (χ0) is 12.8. The lowest BCUT2D eigenvalue weighted by molar-refractivity contribution is 0.305. The molecule has 1 atom stereocenters. The molecule has 0 aliphatic heterocycles. The van der Waals surface area contributed by atoms with Crippen LogP contribution in [0.1, 0.15) is 31.7 Å². The Morgan fingerprint density at radius 2 is 2.12 bits per heavy atom. The zero-order valence-electron chi connectivity index (χ0n) is 10.6. The monoisotopic (exact) mass is 257 g/mol. The topological polar surface area (TPSA) is 44.5 Å². The highest BCUT2D eigenvalue weighted by atomic mass is 35.5. The van der Waals surface area contributed by atoms with Crippen LogP contribution in [0, 0.1) is 0 Å². The Bertz CT molecular complexity index is 369. The standard InChI is InChI=1S/C13H20ClNO2/c1-4-17-13-11(16-3)6-5-10(14)12(13)9(2)7-8-15/h5-6,9H,4,7-8,15H2,1-3H3. The van der Waals surface area contributed by atoms with Crippen LogP contribution < -0.4 is 15.2 Å². The van der Waals surface area contributed by atoms with E-state index in [-0.39, 0.29) is 5.92 Å². The fraction of sp³-hybridized carbons (Fsp3) is 0.538. The summed E-state index contributed by atoms with van der Waals surface area (Å²) >= 11 is 6.25. The molecule has 0 spiro atoms. The molecule has 0 saturated carbocycles. The van der Waals surface area contributed by atoms with Gasteiger partial charge in [-0.15, -0.1) is 0 Å². The third kappa shape index (κ3) is 3.27. The average molecular weight is 258 g/mol. The van der Waals surface area contributed by atoms with Crippen molar-refractivity contribution >= 4 is 11.6 Å². The fourth-order valence-corrected chi connectivity index (χ4v) is 2.20. The largest absolute Gasteiger partial charge is 0.493 e. The van der Waals surface area contributed by atoms with Gasteiger partial charge in [0.2, 0.25) is 0 Å². The molecule has 2 N–H and O–H groups in total. The molecule has 96 valence electrons. The van der Waals surface area contributed by atoms with Crippen molar-refractivity contribution in [2.24, 2.45) is 5.73 Å². The van der Waals surface area contributed by atoms with Gasteiger partial charge in [-0.05, 0) is 37.9 Å². The molecule has 0 saturated heterocycles. The van der Waals surface area contributed by atoms with Gasteiger partial charge in [0.15, 0.2) is 11.5 Å². The van der Waals surface area contributed by atoms with E-state index >= 15 is 0 Å². The Labute approximate surface area is 108 Å². The van der Waals surface area contributed by atoms with Crippen LogP contribution in [-0.4, -0.2) is 20.3 Å². The van der Waals surface area contributed by atoms with Crippen LogP contribution in [0.4, 0.5) is 0 Å². The van der Waals surface area contributed by atoms with Crippen molar-refractivity contribution in [3.8, 4) is 11.5 Å². The van der Waals surface area contributed by atoms with Crippen molar-refractivity contribution in [2.45, 2.75) is 26.2 Å². The number of ether oxygens (including phenoxy) is 2. The molecule has 0 aromatic heterocycles. The van der Waals surface area contributed by atoms with Gasteiger partial charge in [-0.25, -0.2) is 0 Å². The lowest BCUT2D eigenvalue weighted by Crippen LogP contribution is -2.08. The zero-order valence-corrected chi connectivity index (χ0v) is 11.4. The van der Waals surface area contributed by atoms with Crippen LogP contribution in [0.2, 0.25) is 5.02 Å². The maximum Gasteiger partial charge on any atom is 0.166 e. The molecule has 0 fully saturated rings. The summed E-state index contributed by atoms with van der Waals surface area (Å²) in [5.41, 5.74) is 6.58. The van der Waals surface area contributed by atoms with E-state index in [0.29, 0.717) is 18.2 Å². The summed E-state index contributed by atoms with van der Waals surface area (Å²) in [6, 6.07) is 3.66. The maximum absolute atomic E-state index is 6.25. The molecule has 0 radical (unpaired) electrons. The summed E-state index contributed by atoms with van der Waals surface area (Å²) < 4.78 is 11.0. The minimum Gasteiger partial charge on any atom is -0.493 e. The first-order valence-corrected chi connectivity index (χ1v) is 6.22. The van der Waals surface area contributed by atoms with Gasteiger partial charge in [-0.1, -0.05) is 18.5 Å².